The number of aromatic nitrogens is 1. The topological polar surface area (TPSA) is 98.0 Å². The van der Waals surface area contributed by atoms with E-state index in [1.165, 1.54) is 39.9 Å². The zero-order valence-corrected chi connectivity index (χ0v) is 21.0. The van der Waals surface area contributed by atoms with E-state index in [1.807, 2.05) is 0 Å². The summed E-state index contributed by atoms with van der Waals surface area (Å²) in [7, 11) is -1.78. The van der Waals surface area contributed by atoms with Crippen LogP contribution in [0.5, 0.6) is 0 Å². The highest BCUT2D eigenvalue weighted by Crippen LogP contribution is 2.24. The van der Waals surface area contributed by atoms with Gasteiger partial charge >= 0.3 is 5.97 Å². The number of hydrogen-bond acceptors (Lipinski definition) is 6. The van der Waals surface area contributed by atoms with Crippen LogP contribution in [0.4, 0.5) is 0 Å². The number of piperidine rings is 1. The molecule has 4 rings (SSSR count). The normalized spacial score (nSPS) is 16.1. The molecule has 8 nitrogen and oxygen atoms in total. The van der Waals surface area contributed by atoms with Crippen molar-refractivity contribution < 1.29 is 22.7 Å². The van der Waals surface area contributed by atoms with E-state index in [2.05, 4.69) is 11.9 Å². The van der Waals surface area contributed by atoms with Crippen molar-refractivity contribution in [1.29, 1.82) is 0 Å². The first kappa shape index (κ1) is 24.3. The summed E-state index contributed by atoms with van der Waals surface area (Å²) in [5.41, 5.74) is 1.58. The predicted octanol–water partition coefficient (Wildman–Crippen LogP) is 3.58. The maximum Gasteiger partial charge on any atom is 0.338 e. The Balaban J connectivity index is 1.58. The Morgan fingerprint density at radius 2 is 1.74 bits per heavy atom. The zero-order valence-electron chi connectivity index (χ0n) is 19.4. The molecule has 1 amide bonds. The second-order valence-corrected chi connectivity index (χ2v) is 11.3. The molecule has 0 N–H and O–H groups in total. The minimum absolute atomic E-state index is 0.178. The van der Waals surface area contributed by atoms with E-state index in [1.54, 1.807) is 36.7 Å². The van der Waals surface area contributed by atoms with Gasteiger partial charge in [-0.25, -0.2) is 13.2 Å². The van der Waals surface area contributed by atoms with E-state index in [0.29, 0.717) is 41.5 Å². The molecule has 1 fully saturated rings. The summed E-state index contributed by atoms with van der Waals surface area (Å²) in [4.78, 5) is 29.7. The molecule has 0 saturated carbocycles. The summed E-state index contributed by atoms with van der Waals surface area (Å²) in [6.07, 6.45) is 1.70. The predicted molar refractivity (Wildman–Crippen MR) is 130 cm³/mol. The first-order valence-corrected chi connectivity index (χ1v) is 13.4. The quantitative estimate of drug-likeness (QED) is 0.498. The van der Waals surface area contributed by atoms with Crippen molar-refractivity contribution in [3.63, 3.8) is 0 Å². The molecule has 0 aliphatic carbocycles. The first-order chi connectivity index (χ1) is 16.2. The van der Waals surface area contributed by atoms with Crippen LogP contribution in [0.2, 0.25) is 0 Å². The van der Waals surface area contributed by atoms with Crippen LogP contribution in [0.1, 0.15) is 47.4 Å². The van der Waals surface area contributed by atoms with E-state index >= 15 is 0 Å². The van der Waals surface area contributed by atoms with Gasteiger partial charge in [0.2, 0.25) is 10.0 Å². The third-order valence-corrected chi connectivity index (χ3v) is 9.01. The number of benzene rings is 2. The standard InChI is InChI=1S/C24H27N3O5S2/c1-4-32-23(29)18-7-10-20-21(15-18)33-24(26(20)3)25-22(28)17-5-8-19(9-6-17)34(30,31)27-13-11-16(2)12-14-27/h5-10,15-16H,4,11-14H2,1-3H3. The zero-order chi connectivity index (χ0) is 24.5. The molecule has 1 aliphatic rings. The van der Waals surface area contributed by atoms with Crippen molar-refractivity contribution in [3.8, 4) is 0 Å². The summed E-state index contributed by atoms with van der Waals surface area (Å²) >= 11 is 1.29. The molecule has 10 heteroatoms. The third-order valence-electron chi connectivity index (χ3n) is 6.00. The number of esters is 1. The van der Waals surface area contributed by atoms with E-state index in [9.17, 15) is 18.0 Å². The number of amides is 1. The average molecular weight is 502 g/mol. The van der Waals surface area contributed by atoms with E-state index in [0.717, 1.165) is 23.1 Å². The molecule has 3 aromatic rings. The molecule has 0 atom stereocenters. The molecule has 0 bridgehead atoms. The van der Waals surface area contributed by atoms with Gasteiger partial charge in [-0.3, -0.25) is 4.79 Å². The van der Waals surface area contributed by atoms with Crippen molar-refractivity contribution in [2.75, 3.05) is 19.7 Å². The Morgan fingerprint density at radius 1 is 1.09 bits per heavy atom. The minimum atomic E-state index is -3.57. The number of carbonyl (C=O) groups excluding carboxylic acids is 2. The van der Waals surface area contributed by atoms with Crippen molar-refractivity contribution in [1.82, 2.24) is 8.87 Å². The van der Waals surface area contributed by atoms with Crippen LogP contribution >= 0.6 is 11.3 Å². The number of thiazole rings is 1. The van der Waals surface area contributed by atoms with Crippen LogP contribution in [0.3, 0.4) is 0 Å². The Kier molecular flexibility index (Phi) is 7.01. The van der Waals surface area contributed by atoms with Crippen LogP contribution in [0.15, 0.2) is 52.4 Å². The van der Waals surface area contributed by atoms with Crippen molar-refractivity contribution in [3.05, 3.63) is 58.4 Å². The number of nitrogens with zero attached hydrogens (tertiary/aromatic N) is 3. The van der Waals surface area contributed by atoms with Crippen molar-refractivity contribution in [2.24, 2.45) is 18.0 Å². The van der Waals surface area contributed by atoms with E-state index in [-0.39, 0.29) is 4.90 Å². The van der Waals surface area contributed by atoms with Gasteiger partial charge in [-0.15, -0.1) is 0 Å². The molecular weight excluding hydrogens is 474 g/mol. The molecule has 1 aliphatic heterocycles. The summed E-state index contributed by atoms with van der Waals surface area (Å²) < 4.78 is 35.0. The lowest BCUT2D eigenvalue weighted by Gasteiger charge is -2.29. The van der Waals surface area contributed by atoms with Gasteiger partial charge in [0.05, 0.1) is 27.3 Å². The van der Waals surface area contributed by atoms with Crippen LogP contribution in [0, 0.1) is 5.92 Å². The maximum absolute atomic E-state index is 12.9. The molecule has 2 aromatic carbocycles. The van der Waals surface area contributed by atoms with Crippen LogP contribution in [-0.2, 0) is 21.8 Å². The summed E-state index contributed by atoms with van der Waals surface area (Å²) in [6, 6.07) is 11.1. The molecule has 1 saturated heterocycles. The lowest BCUT2D eigenvalue weighted by atomic mass is 10.0. The highest BCUT2D eigenvalue weighted by molar-refractivity contribution is 7.89. The van der Waals surface area contributed by atoms with Gasteiger partial charge in [0.15, 0.2) is 4.80 Å². The molecule has 180 valence electrons. The Bertz CT molecular complexity index is 1400. The number of sulfonamides is 1. The van der Waals surface area contributed by atoms with Crippen molar-refractivity contribution in [2.45, 2.75) is 31.6 Å². The smallest absolute Gasteiger partial charge is 0.338 e. The van der Waals surface area contributed by atoms with Crippen molar-refractivity contribution >= 4 is 43.5 Å². The maximum atomic E-state index is 12.9. The number of hydrogen-bond donors (Lipinski definition) is 0. The lowest BCUT2D eigenvalue weighted by Crippen LogP contribution is -2.37. The Hall–Kier alpha value is -2.82. The highest BCUT2D eigenvalue weighted by Gasteiger charge is 2.28. The van der Waals surface area contributed by atoms with Crippen LogP contribution in [-0.4, -0.2) is 48.9 Å². The van der Waals surface area contributed by atoms with Gasteiger partial charge < -0.3 is 9.30 Å². The molecule has 0 unspecified atom stereocenters. The summed E-state index contributed by atoms with van der Waals surface area (Å²) in [5, 5.41) is 0. The fourth-order valence-corrected chi connectivity index (χ4v) is 6.40. The second kappa shape index (κ2) is 9.81. The number of carbonyl (C=O) groups is 2. The lowest BCUT2D eigenvalue weighted by molar-refractivity contribution is 0.0526. The average Bonchev–Trinajstić information content (AvgIpc) is 3.14. The number of fused-ring (bicyclic) bond motifs is 1. The van der Waals surface area contributed by atoms with Gasteiger partial charge in [0.25, 0.3) is 5.91 Å². The number of rotatable bonds is 5. The molecule has 1 aromatic heterocycles. The fourth-order valence-electron chi connectivity index (χ4n) is 3.88. The largest absolute Gasteiger partial charge is 0.462 e. The van der Waals surface area contributed by atoms with Crippen LogP contribution < -0.4 is 4.80 Å². The first-order valence-electron chi connectivity index (χ1n) is 11.2. The van der Waals surface area contributed by atoms with E-state index < -0.39 is 21.9 Å². The van der Waals surface area contributed by atoms with Gasteiger partial charge in [-0.2, -0.15) is 9.30 Å². The highest BCUT2D eigenvalue weighted by atomic mass is 32.2. The fraction of sp³-hybridized carbons (Fsp3) is 0.375. The van der Waals surface area contributed by atoms with Gasteiger partial charge in [0.1, 0.15) is 0 Å². The molecule has 0 spiro atoms. The molecular formula is C24H27N3O5S2. The van der Waals surface area contributed by atoms with Crippen LogP contribution in [0.25, 0.3) is 10.2 Å². The minimum Gasteiger partial charge on any atom is -0.462 e. The van der Waals surface area contributed by atoms with Gasteiger partial charge in [0, 0.05) is 25.7 Å². The SMILES string of the molecule is CCOC(=O)c1ccc2c(c1)sc(=NC(=O)c1ccc(S(=O)(=O)N3CCC(C)CC3)cc1)n2C. The molecule has 2 heterocycles. The molecule has 0 radical (unpaired) electrons. The van der Waals surface area contributed by atoms with Gasteiger partial charge in [-0.1, -0.05) is 18.3 Å². The third kappa shape index (κ3) is 4.84. The number of ether oxygens (including phenoxy) is 1. The Morgan fingerprint density at radius 3 is 2.38 bits per heavy atom. The summed E-state index contributed by atoms with van der Waals surface area (Å²) in [5.74, 6) is -0.340. The monoisotopic (exact) mass is 501 g/mol. The Labute approximate surface area is 202 Å². The van der Waals surface area contributed by atoms with E-state index in [4.69, 9.17) is 4.74 Å². The molecule has 34 heavy (non-hydrogen) atoms. The number of aryl methyl sites for hydroxylation is 1. The second-order valence-electron chi connectivity index (χ2n) is 8.37. The summed E-state index contributed by atoms with van der Waals surface area (Å²) in [6.45, 7) is 5.20. The van der Waals surface area contributed by atoms with Gasteiger partial charge in [-0.05, 0) is 68.1 Å².